The molecular formula is C20H38O3Si2. The molecule has 25 heavy (non-hydrogen) atoms. The minimum atomic E-state index is -1.79. The van der Waals surface area contributed by atoms with Crippen LogP contribution in [0.25, 0.3) is 0 Å². The topological polar surface area (TPSA) is 27.7 Å². The van der Waals surface area contributed by atoms with E-state index in [1.165, 1.54) is 38.5 Å². The summed E-state index contributed by atoms with van der Waals surface area (Å²) in [7, 11) is -3.58. The van der Waals surface area contributed by atoms with Crippen LogP contribution in [0.2, 0.25) is 37.3 Å². The van der Waals surface area contributed by atoms with E-state index in [9.17, 15) is 0 Å². The predicted octanol–water partition coefficient (Wildman–Crippen LogP) is 5.33. The van der Waals surface area contributed by atoms with Gasteiger partial charge in [0, 0.05) is 11.1 Å². The van der Waals surface area contributed by atoms with E-state index in [0.717, 1.165) is 11.8 Å². The summed E-state index contributed by atoms with van der Waals surface area (Å²) in [5, 5.41) is 0. The SMILES string of the molecule is CC(C1CCC2CC2O1)[Si](C)(C)O[Si](C)(C)C(C)C1CCC2CC2O1. The molecule has 0 aromatic rings. The Morgan fingerprint density at radius 1 is 0.720 bits per heavy atom. The Hall–Kier alpha value is 0.314. The van der Waals surface area contributed by atoms with Gasteiger partial charge in [0.2, 0.25) is 0 Å². The van der Waals surface area contributed by atoms with Crippen molar-refractivity contribution in [2.45, 2.75) is 114 Å². The van der Waals surface area contributed by atoms with Gasteiger partial charge < -0.3 is 13.6 Å². The maximum absolute atomic E-state index is 7.07. The van der Waals surface area contributed by atoms with Crippen LogP contribution in [0.3, 0.4) is 0 Å². The Bertz CT molecular complexity index is 465. The molecule has 2 saturated carbocycles. The lowest BCUT2D eigenvalue weighted by atomic mass is 10.1. The number of ether oxygens (including phenoxy) is 2. The van der Waals surface area contributed by atoms with Crippen molar-refractivity contribution in [3.05, 3.63) is 0 Å². The summed E-state index contributed by atoms with van der Waals surface area (Å²) < 4.78 is 19.8. The van der Waals surface area contributed by atoms with E-state index in [1.807, 2.05) is 0 Å². The van der Waals surface area contributed by atoms with Gasteiger partial charge in [-0.2, -0.15) is 0 Å². The van der Waals surface area contributed by atoms with Crippen LogP contribution in [0, 0.1) is 11.8 Å². The highest BCUT2D eigenvalue weighted by Crippen LogP contribution is 2.49. The molecule has 0 N–H and O–H groups in total. The molecule has 144 valence electrons. The van der Waals surface area contributed by atoms with Crippen LogP contribution in [0.1, 0.15) is 52.4 Å². The maximum atomic E-state index is 7.07. The van der Waals surface area contributed by atoms with Crippen LogP contribution in [-0.4, -0.2) is 41.1 Å². The molecule has 4 fully saturated rings. The summed E-state index contributed by atoms with van der Waals surface area (Å²) in [5.74, 6) is 1.77. The van der Waals surface area contributed by atoms with Crippen LogP contribution in [0.4, 0.5) is 0 Å². The molecule has 2 aliphatic carbocycles. The molecule has 2 saturated heterocycles. The maximum Gasteiger partial charge on any atom is 0.178 e. The number of fused-ring (bicyclic) bond motifs is 2. The molecular weight excluding hydrogens is 344 g/mol. The van der Waals surface area contributed by atoms with Gasteiger partial charge in [0.05, 0.1) is 24.4 Å². The summed E-state index contributed by atoms with van der Waals surface area (Å²) in [6.07, 6.45) is 9.89. The first-order valence-corrected chi connectivity index (χ1v) is 16.7. The molecule has 5 heteroatoms. The zero-order valence-electron chi connectivity index (χ0n) is 17.1. The van der Waals surface area contributed by atoms with Crippen molar-refractivity contribution in [2.75, 3.05) is 0 Å². The van der Waals surface area contributed by atoms with Gasteiger partial charge in [-0.25, -0.2) is 0 Å². The van der Waals surface area contributed by atoms with Crippen LogP contribution < -0.4 is 0 Å². The van der Waals surface area contributed by atoms with Crippen LogP contribution in [0.5, 0.6) is 0 Å². The highest BCUT2D eigenvalue weighted by Gasteiger charge is 2.51. The first-order chi connectivity index (χ1) is 11.7. The van der Waals surface area contributed by atoms with Crippen molar-refractivity contribution in [3.8, 4) is 0 Å². The second-order valence-corrected chi connectivity index (χ2v) is 19.5. The molecule has 0 spiro atoms. The Kier molecular flexibility index (Phi) is 4.81. The van der Waals surface area contributed by atoms with Gasteiger partial charge in [-0.3, -0.25) is 0 Å². The predicted molar refractivity (Wildman–Crippen MR) is 107 cm³/mol. The molecule has 0 radical (unpaired) electrons. The molecule has 0 aromatic heterocycles. The molecule has 3 nitrogen and oxygen atoms in total. The molecule has 2 aliphatic heterocycles. The normalized spacial score (nSPS) is 43.0. The van der Waals surface area contributed by atoms with E-state index in [4.69, 9.17) is 13.6 Å². The molecule has 8 unspecified atom stereocenters. The third-order valence-corrected chi connectivity index (χ3v) is 17.2. The van der Waals surface area contributed by atoms with E-state index in [0.29, 0.717) is 35.5 Å². The zero-order chi connectivity index (χ0) is 18.0. The van der Waals surface area contributed by atoms with Crippen LogP contribution >= 0.6 is 0 Å². The fraction of sp³-hybridized carbons (Fsp3) is 1.00. The van der Waals surface area contributed by atoms with Gasteiger partial charge in [-0.05, 0) is 76.5 Å². The fourth-order valence-corrected chi connectivity index (χ4v) is 14.4. The lowest BCUT2D eigenvalue weighted by molar-refractivity contribution is -0.00495. The third-order valence-electron chi connectivity index (χ3n) is 7.89. The van der Waals surface area contributed by atoms with Gasteiger partial charge in [0.1, 0.15) is 0 Å². The molecule has 0 amide bonds. The van der Waals surface area contributed by atoms with Crippen LogP contribution in [-0.2, 0) is 13.6 Å². The van der Waals surface area contributed by atoms with Crippen molar-refractivity contribution in [2.24, 2.45) is 11.8 Å². The van der Waals surface area contributed by atoms with Gasteiger partial charge in [0.15, 0.2) is 16.6 Å². The van der Waals surface area contributed by atoms with E-state index >= 15 is 0 Å². The average molecular weight is 383 g/mol. The standard InChI is InChI=1S/C20H38O3Si2/c1-13(17-9-7-15-11-19(15)21-17)24(3,4)23-25(5,6)14(2)18-10-8-16-12-20(16)22-18/h13-20H,7-12H2,1-6H3. The second kappa shape index (κ2) is 6.44. The molecule has 0 aromatic carbocycles. The minimum Gasteiger partial charge on any atom is -0.455 e. The quantitative estimate of drug-likeness (QED) is 0.581. The first kappa shape index (κ1) is 18.7. The number of rotatable bonds is 6. The Balaban J connectivity index is 1.37. The Labute approximate surface area is 156 Å². The van der Waals surface area contributed by atoms with Gasteiger partial charge in [0.25, 0.3) is 0 Å². The highest BCUT2D eigenvalue weighted by molar-refractivity contribution is 6.86. The van der Waals surface area contributed by atoms with Crippen molar-refractivity contribution in [3.63, 3.8) is 0 Å². The van der Waals surface area contributed by atoms with E-state index in [-0.39, 0.29) is 0 Å². The fourth-order valence-electron chi connectivity index (χ4n) is 5.22. The minimum absolute atomic E-state index is 0.434. The smallest absolute Gasteiger partial charge is 0.178 e. The first-order valence-electron chi connectivity index (χ1n) is 10.7. The molecule has 8 atom stereocenters. The van der Waals surface area contributed by atoms with E-state index in [1.54, 1.807) is 0 Å². The Morgan fingerprint density at radius 3 is 1.48 bits per heavy atom. The number of hydrogen-bond donors (Lipinski definition) is 0. The summed E-state index contributed by atoms with van der Waals surface area (Å²) in [5.41, 5.74) is 1.15. The second-order valence-electron chi connectivity index (χ2n) is 10.5. The summed E-state index contributed by atoms with van der Waals surface area (Å²) in [6, 6.07) is 0. The van der Waals surface area contributed by atoms with Crippen molar-refractivity contribution < 1.29 is 13.6 Å². The highest BCUT2D eigenvalue weighted by atomic mass is 28.4. The van der Waals surface area contributed by atoms with Crippen molar-refractivity contribution >= 4 is 16.6 Å². The summed E-state index contributed by atoms with van der Waals surface area (Å²) >= 11 is 0. The molecule has 0 bridgehead atoms. The zero-order valence-corrected chi connectivity index (χ0v) is 19.1. The molecule has 2 heterocycles. The van der Waals surface area contributed by atoms with Crippen LogP contribution in [0.15, 0.2) is 0 Å². The molecule has 4 rings (SSSR count). The largest absolute Gasteiger partial charge is 0.455 e. The number of hydrogen-bond acceptors (Lipinski definition) is 3. The van der Waals surface area contributed by atoms with Gasteiger partial charge >= 0.3 is 0 Å². The Morgan fingerprint density at radius 2 is 1.12 bits per heavy atom. The van der Waals surface area contributed by atoms with E-state index in [2.05, 4.69) is 40.0 Å². The van der Waals surface area contributed by atoms with E-state index < -0.39 is 16.6 Å². The van der Waals surface area contributed by atoms with Gasteiger partial charge in [-0.15, -0.1) is 0 Å². The monoisotopic (exact) mass is 382 g/mol. The van der Waals surface area contributed by atoms with Gasteiger partial charge in [-0.1, -0.05) is 13.8 Å². The van der Waals surface area contributed by atoms with Crippen molar-refractivity contribution in [1.82, 2.24) is 0 Å². The lowest BCUT2D eigenvalue weighted by Gasteiger charge is -2.45. The third kappa shape index (κ3) is 3.82. The average Bonchev–Trinajstić information content (AvgIpc) is 3.43. The summed E-state index contributed by atoms with van der Waals surface area (Å²) in [4.78, 5) is 0. The van der Waals surface area contributed by atoms with Crippen molar-refractivity contribution in [1.29, 1.82) is 0 Å². The molecule has 4 aliphatic rings. The lowest BCUT2D eigenvalue weighted by Crippen LogP contribution is -2.53. The summed E-state index contributed by atoms with van der Waals surface area (Å²) in [6.45, 7) is 14.5.